The Morgan fingerprint density at radius 1 is 1.15 bits per heavy atom. The highest BCUT2D eigenvalue weighted by molar-refractivity contribution is 5.75. The van der Waals surface area contributed by atoms with Gasteiger partial charge in [-0.2, -0.15) is 0 Å². The van der Waals surface area contributed by atoms with Gasteiger partial charge in [-0.15, -0.1) is 0 Å². The number of carbonyl (C=O) groups is 1. The molecule has 2 aliphatic rings. The number of nitrogens with two attached hydrogens (primary N) is 1. The lowest BCUT2D eigenvalue weighted by Gasteiger charge is -2.46. The highest BCUT2D eigenvalue weighted by atomic mass is 19.3. The van der Waals surface area contributed by atoms with Gasteiger partial charge >= 0.3 is 0 Å². The Bertz CT molecular complexity index is 894. The molecule has 0 spiro atoms. The Balaban J connectivity index is 0.00000149. The molecular formula is C26H34F3N3O. The van der Waals surface area contributed by atoms with Crippen molar-refractivity contribution in [1.29, 1.82) is 0 Å². The number of rotatable bonds is 7. The van der Waals surface area contributed by atoms with Gasteiger partial charge in [0.2, 0.25) is 5.91 Å². The zero-order valence-corrected chi connectivity index (χ0v) is 19.1. The first-order chi connectivity index (χ1) is 16.1. The molecule has 0 saturated heterocycles. The van der Waals surface area contributed by atoms with E-state index in [1.54, 1.807) is 12.1 Å². The maximum atomic E-state index is 13.4. The van der Waals surface area contributed by atoms with Gasteiger partial charge < -0.3 is 16.4 Å². The summed E-state index contributed by atoms with van der Waals surface area (Å²) in [6, 6.07) is 15.6. The molecular weight excluding hydrogens is 427 g/mol. The van der Waals surface area contributed by atoms with E-state index >= 15 is 0 Å². The minimum Gasteiger partial charge on any atom is -0.378 e. The number of fused-ring (bicyclic) bond motifs is 3. The van der Waals surface area contributed by atoms with Crippen LogP contribution >= 0.6 is 0 Å². The van der Waals surface area contributed by atoms with Crippen LogP contribution in [0, 0.1) is 11.8 Å². The Morgan fingerprint density at radius 3 is 2.61 bits per heavy atom. The summed E-state index contributed by atoms with van der Waals surface area (Å²) < 4.78 is 36.3. The lowest BCUT2D eigenvalue weighted by Crippen LogP contribution is -2.39. The first kappa shape index (κ1) is 25.1. The van der Waals surface area contributed by atoms with Crippen LogP contribution in [0.2, 0.25) is 0 Å². The Hall–Kier alpha value is -2.54. The van der Waals surface area contributed by atoms with Crippen molar-refractivity contribution in [2.45, 2.75) is 50.5 Å². The van der Waals surface area contributed by atoms with E-state index in [2.05, 4.69) is 22.8 Å². The summed E-state index contributed by atoms with van der Waals surface area (Å²) in [5.41, 5.74) is 8.74. The maximum Gasteiger partial charge on any atom is 0.263 e. The summed E-state index contributed by atoms with van der Waals surface area (Å²) in [4.78, 5) is 12.0. The number of benzene rings is 2. The van der Waals surface area contributed by atoms with E-state index in [1.165, 1.54) is 11.6 Å². The molecule has 3 unspecified atom stereocenters. The van der Waals surface area contributed by atoms with Crippen molar-refractivity contribution in [3.05, 3.63) is 65.2 Å². The van der Waals surface area contributed by atoms with E-state index in [0.29, 0.717) is 44.9 Å². The fourth-order valence-electron chi connectivity index (χ4n) is 5.25. The van der Waals surface area contributed by atoms with Crippen molar-refractivity contribution in [1.82, 2.24) is 5.32 Å². The third-order valence-electron chi connectivity index (χ3n) is 6.83. The molecule has 4 nitrogen and oxygen atoms in total. The number of halogens is 3. The second kappa shape index (κ2) is 12.1. The van der Waals surface area contributed by atoms with Crippen LogP contribution < -0.4 is 16.4 Å². The molecule has 4 rings (SSSR count). The van der Waals surface area contributed by atoms with Crippen molar-refractivity contribution in [2.75, 3.05) is 25.6 Å². The van der Waals surface area contributed by atoms with Gasteiger partial charge in [-0.05, 0) is 73.2 Å². The van der Waals surface area contributed by atoms with Crippen LogP contribution in [0.3, 0.4) is 0 Å². The molecule has 4 N–H and O–H groups in total. The van der Waals surface area contributed by atoms with Crippen LogP contribution in [-0.4, -0.2) is 26.2 Å². The number of nitrogens with one attached hydrogen (secondary N) is 2. The number of hydrogen-bond acceptors (Lipinski definition) is 3. The Morgan fingerprint density at radius 2 is 1.91 bits per heavy atom. The minimum atomic E-state index is -2.48. The summed E-state index contributed by atoms with van der Waals surface area (Å²) in [5.74, 6) is 0.924. The van der Waals surface area contributed by atoms with Gasteiger partial charge in [0.25, 0.3) is 6.43 Å². The molecule has 0 radical (unpaired) electrons. The van der Waals surface area contributed by atoms with E-state index in [4.69, 9.17) is 5.73 Å². The predicted octanol–water partition coefficient (Wildman–Crippen LogP) is 5.73. The minimum absolute atomic E-state index is 0.0421. The van der Waals surface area contributed by atoms with Gasteiger partial charge in [0, 0.05) is 24.2 Å². The zero-order valence-electron chi connectivity index (χ0n) is 19.1. The number of amides is 1. The van der Waals surface area contributed by atoms with Crippen molar-refractivity contribution >= 4 is 11.6 Å². The predicted molar refractivity (Wildman–Crippen MR) is 126 cm³/mol. The normalized spacial score (nSPS) is 23.5. The first-order valence-corrected chi connectivity index (χ1v) is 11.6. The van der Waals surface area contributed by atoms with Gasteiger partial charge in [-0.1, -0.05) is 36.4 Å². The standard InChI is InChI=1S/C25H31F2N3O.CH3F/c26-25(27)18-9-11-22-21(14-18)20-13-16(15-29-23(31)7-4-12-28)8-10-19(20)24(30-22)17-5-2-1-3-6-17;1-2/h1-3,5-6,9,11,14,16,19-20,24-25,30H,4,7-8,10,12-13,15,28H2,(H,29,31);1H3/t16?,19?,20?,24-;/m0./s1. The van der Waals surface area contributed by atoms with Gasteiger partial charge in [0.1, 0.15) is 0 Å². The molecule has 0 aromatic heterocycles. The molecule has 1 heterocycles. The Kier molecular flexibility index (Phi) is 9.18. The van der Waals surface area contributed by atoms with Crippen molar-refractivity contribution in [2.24, 2.45) is 17.6 Å². The van der Waals surface area contributed by atoms with Gasteiger partial charge in [-0.3, -0.25) is 9.18 Å². The van der Waals surface area contributed by atoms with Gasteiger partial charge in [0.15, 0.2) is 0 Å². The largest absolute Gasteiger partial charge is 0.378 e. The fraction of sp³-hybridized carbons (Fsp3) is 0.500. The first-order valence-electron chi connectivity index (χ1n) is 11.6. The lowest BCUT2D eigenvalue weighted by atomic mass is 9.65. The second-order valence-electron chi connectivity index (χ2n) is 8.83. The van der Waals surface area contributed by atoms with Crippen LogP contribution in [0.15, 0.2) is 48.5 Å². The van der Waals surface area contributed by atoms with Crippen LogP contribution in [0.4, 0.5) is 18.9 Å². The average molecular weight is 462 g/mol. The van der Waals surface area contributed by atoms with Crippen molar-refractivity contribution in [3.8, 4) is 0 Å². The summed E-state index contributed by atoms with van der Waals surface area (Å²) in [6.45, 7) is 1.15. The molecule has 1 aliphatic heterocycles. The van der Waals surface area contributed by atoms with E-state index in [-0.39, 0.29) is 23.4 Å². The van der Waals surface area contributed by atoms with Gasteiger partial charge in [0.05, 0.1) is 13.2 Å². The molecule has 0 bridgehead atoms. The van der Waals surface area contributed by atoms with Crippen molar-refractivity contribution < 1.29 is 18.0 Å². The number of anilines is 1. The van der Waals surface area contributed by atoms with Crippen LogP contribution in [0.5, 0.6) is 0 Å². The quantitative estimate of drug-likeness (QED) is 0.493. The molecule has 33 heavy (non-hydrogen) atoms. The van der Waals surface area contributed by atoms with E-state index in [1.807, 2.05) is 18.2 Å². The molecule has 1 saturated carbocycles. The SMILES string of the molecule is CF.NCCCC(=O)NCC1CCC2C(C1)c1cc(C(F)F)ccc1N[C@H]2c1ccccc1. The van der Waals surface area contributed by atoms with Crippen LogP contribution in [-0.2, 0) is 4.79 Å². The smallest absolute Gasteiger partial charge is 0.263 e. The summed E-state index contributed by atoms with van der Waals surface area (Å²) >= 11 is 0. The lowest BCUT2D eigenvalue weighted by molar-refractivity contribution is -0.121. The van der Waals surface area contributed by atoms with E-state index in [9.17, 15) is 18.0 Å². The molecule has 180 valence electrons. The van der Waals surface area contributed by atoms with Gasteiger partial charge in [-0.25, -0.2) is 8.78 Å². The average Bonchev–Trinajstić information content (AvgIpc) is 2.87. The summed E-state index contributed by atoms with van der Waals surface area (Å²) in [5, 5.41) is 6.69. The molecule has 4 atom stereocenters. The highest BCUT2D eigenvalue weighted by Gasteiger charge is 2.41. The number of carbonyl (C=O) groups excluding carboxylic acids is 1. The van der Waals surface area contributed by atoms with Crippen LogP contribution in [0.25, 0.3) is 0 Å². The maximum absolute atomic E-state index is 13.4. The molecule has 1 fully saturated rings. The topological polar surface area (TPSA) is 67.2 Å². The van der Waals surface area contributed by atoms with Crippen molar-refractivity contribution in [3.63, 3.8) is 0 Å². The monoisotopic (exact) mass is 461 g/mol. The Labute approximate surface area is 194 Å². The molecule has 1 aliphatic carbocycles. The molecule has 2 aromatic carbocycles. The fourth-order valence-corrected chi connectivity index (χ4v) is 5.25. The molecule has 2 aromatic rings. The number of hydrogen-bond donors (Lipinski definition) is 3. The zero-order chi connectivity index (χ0) is 23.8. The third-order valence-corrected chi connectivity index (χ3v) is 6.83. The number of alkyl halides is 3. The third kappa shape index (κ3) is 6.08. The van der Waals surface area contributed by atoms with E-state index < -0.39 is 6.43 Å². The molecule has 7 heteroatoms. The summed E-state index contributed by atoms with van der Waals surface area (Å²) in [6.07, 6.45) is 1.58. The molecule has 1 amide bonds. The second-order valence-corrected chi connectivity index (χ2v) is 8.83. The summed E-state index contributed by atoms with van der Waals surface area (Å²) in [7, 11) is 0.500. The van der Waals surface area contributed by atoms with E-state index in [0.717, 1.165) is 30.5 Å². The highest BCUT2D eigenvalue weighted by Crippen LogP contribution is 2.52. The van der Waals surface area contributed by atoms with Crippen LogP contribution in [0.1, 0.15) is 67.2 Å².